The summed E-state index contributed by atoms with van der Waals surface area (Å²) >= 11 is 0. The first-order valence-electron chi connectivity index (χ1n) is 10.5. The molecule has 30 heavy (non-hydrogen) atoms. The summed E-state index contributed by atoms with van der Waals surface area (Å²) in [6.07, 6.45) is 3.93. The molecule has 0 bridgehead atoms. The van der Waals surface area contributed by atoms with Gasteiger partial charge in [-0.05, 0) is 38.2 Å². The summed E-state index contributed by atoms with van der Waals surface area (Å²) in [5.41, 5.74) is 1.37. The Kier molecular flexibility index (Phi) is 8.45. The highest BCUT2D eigenvalue weighted by Crippen LogP contribution is 2.30. The van der Waals surface area contributed by atoms with E-state index in [2.05, 4.69) is 43.4 Å². The highest BCUT2D eigenvalue weighted by Gasteiger charge is 2.24. The van der Waals surface area contributed by atoms with E-state index in [0.29, 0.717) is 30.6 Å². The van der Waals surface area contributed by atoms with Crippen molar-refractivity contribution in [1.82, 2.24) is 15.1 Å². The van der Waals surface area contributed by atoms with Gasteiger partial charge in [-0.3, -0.25) is 14.3 Å². The SMILES string of the molecule is CC(C)COc1ccccc1[C@@H](CC(C)C)NC(=O)C(=O)Nc1cnn(C(C)C)c1. The van der Waals surface area contributed by atoms with Gasteiger partial charge in [-0.2, -0.15) is 5.10 Å². The molecule has 0 unspecified atom stereocenters. The number of hydrogen-bond donors (Lipinski definition) is 2. The van der Waals surface area contributed by atoms with Gasteiger partial charge in [0.15, 0.2) is 0 Å². The van der Waals surface area contributed by atoms with Gasteiger partial charge in [-0.15, -0.1) is 0 Å². The fourth-order valence-electron chi connectivity index (χ4n) is 2.99. The minimum atomic E-state index is -0.715. The van der Waals surface area contributed by atoms with Crippen molar-refractivity contribution in [2.24, 2.45) is 11.8 Å². The molecule has 0 saturated heterocycles. The van der Waals surface area contributed by atoms with Crippen LogP contribution < -0.4 is 15.4 Å². The van der Waals surface area contributed by atoms with Crippen molar-refractivity contribution in [1.29, 1.82) is 0 Å². The minimum Gasteiger partial charge on any atom is -0.493 e. The molecule has 2 amide bonds. The summed E-state index contributed by atoms with van der Waals surface area (Å²) < 4.78 is 7.68. The molecule has 0 saturated carbocycles. The van der Waals surface area contributed by atoms with Crippen LogP contribution in [0.5, 0.6) is 5.75 Å². The van der Waals surface area contributed by atoms with Gasteiger partial charge in [0.1, 0.15) is 5.75 Å². The standard InChI is InChI=1S/C23H34N4O3/c1-15(2)11-20(19-9-7-8-10-21(19)30-14-16(3)4)26-23(29)22(28)25-18-12-24-27(13-18)17(5)6/h7-10,12-13,15-17,20H,11,14H2,1-6H3,(H,25,28)(H,26,29)/t20-/m1/s1. The number of rotatable bonds is 9. The van der Waals surface area contributed by atoms with Crippen molar-refractivity contribution < 1.29 is 14.3 Å². The monoisotopic (exact) mass is 414 g/mol. The Morgan fingerprint density at radius 1 is 1.03 bits per heavy atom. The molecule has 1 aromatic heterocycles. The van der Waals surface area contributed by atoms with Crippen LogP contribution in [0.25, 0.3) is 0 Å². The molecule has 1 heterocycles. The van der Waals surface area contributed by atoms with Gasteiger partial charge >= 0.3 is 11.8 Å². The quantitative estimate of drug-likeness (QED) is 0.598. The Balaban J connectivity index is 2.13. The Morgan fingerprint density at radius 2 is 1.73 bits per heavy atom. The second-order valence-electron chi connectivity index (χ2n) is 8.66. The van der Waals surface area contributed by atoms with Gasteiger partial charge in [0, 0.05) is 17.8 Å². The number of anilines is 1. The molecule has 0 fully saturated rings. The molecule has 0 aliphatic rings. The largest absolute Gasteiger partial charge is 0.493 e. The third kappa shape index (κ3) is 6.90. The number of nitrogens with zero attached hydrogens (tertiary/aromatic N) is 2. The maximum absolute atomic E-state index is 12.6. The molecule has 0 radical (unpaired) electrons. The zero-order valence-corrected chi connectivity index (χ0v) is 18.8. The van der Waals surface area contributed by atoms with E-state index >= 15 is 0 Å². The number of hydrogen-bond acceptors (Lipinski definition) is 4. The van der Waals surface area contributed by atoms with Crippen LogP contribution in [0.3, 0.4) is 0 Å². The van der Waals surface area contributed by atoms with Crippen molar-refractivity contribution in [2.45, 2.75) is 60.0 Å². The molecule has 0 aliphatic carbocycles. The zero-order valence-electron chi connectivity index (χ0n) is 18.8. The zero-order chi connectivity index (χ0) is 22.3. The third-order valence-electron chi connectivity index (χ3n) is 4.47. The van der Waals surface area contributed by atoms with Crippen LogP contribution in [-0.4, -0.2) is 28.2 Å². The maximum atomic E-state index is 12.6. The molecular formula is C23H34N4O3. The predicted molar refractivity (Wildman–Crippen MR) is 118 cm³/mol. The number of aromatic nitrogens is 2. The fourth-order valence-corrected chi connectivity index (χ4v) is 2.99. The third-order valence-corrected chi connectivity index (χ3v) is 4.47. The lowest BCUT2D eigenvalue weighted by molar-refractivity contribution is -0.136. The van der Waals surface area contributed by atoms with Crippen LogP contribution >= 0.6 is 0 Å². The molecule has 7 heteroatoms. The number of para-hydroxylation sites is 1. The van der Waals surface area contributed by atoms with Crippen molar-refractivity contribution in [3.63, 3.8) is 0 Å². The second-order valence-corrected chi connectivity index (χ2v) is 8.66. The average molecular weight is 415 g/mol. The molecular weight excluding hydrogens is 380 g/mol. The molecule has 7 nitrogen and oxygen atoms in total. The van der Waals surface area contributed by atoms with Crippen LogP contribution in [0.1, 0.15) is 65.6 Å². The lowest BCUT2D eigenvalue weighted by Crippen LogP contribution is -2.38. The van der Waals surface area contributed by atoms with Gasteiger partial charge in [0.05, 0.1) is 24.5 Å². The Morgan fingerprint density at radius 3 is 2.33 bits per heavy atom. The first-order valence-corrected chi connectivity index (χ1v) is 10.5. The number of carbonyl (C=O) groups is 2. The lowest BCUT2D eigenvalue weighted by Gasteiger charge is -2.23. The summed E-state index contributed by atoms with van der Waals surface area (Å²) in [7, 11) is 0. The van der Waals surface area contributed by atoms with E-state index < -0.39 is 11.8 Å². The van der Waals surface area contributed by atoms with E-state index in [-0.39, 0.29) is 12.1 Å². The molecule has 1 atom stereocenters. The van der Waals surface area contributed by atoms with E-state index in [9.17, 15) is 9.59 Å². The molecule has 2 N–H and O–H groups in total. The van der Waals surface area contributed by atoms with E-state index in [0.717, 1.165) is 11.3 Å². The Hall–Kier alpha value is -2.83. The summed E-state index contributed by atoms with van der Waals surface area (Å²) in [6.45, 7) is 12.9. The van der Waals surface area contributed by atoms with E-state index in [1.807, 2.05) is 38.1 Å². The Labute approximate surface area is 179 Å². The molecule has 164 valence electrons. The van der Waals surface area contributed by atoms with Crippen LogP contribution in [0.15, 0.2) is 36.7 Å². The number of ether oxygens (including phenoxy) is 1. The highest BCUT2D eigenvalue weighted by atomic mass is 16.5. The summed E-state index contributed by atoms with van der Waals surface area (Å²) in [6, 6.07) is 7.50. The predicted octanol–water partition coefficient (Wildman–Crippen LogP) is 4.34. The van der Waals surface area contributed by atoms with Crippen LogP contribution in [-0.2, 0) is 9.59 Å². The van der Waals surface area contributed by atoms with Gasteiger partial charge in [-0.25, -0.2) is 0 Å². The summed E-state index contributed by atoms with van der Waals surface area (Å²) in [5.74, 6) is 0.0366. The van der Waals surface area contributed by atoms with Gasteiger partial charge in [0.25, 0.3) is 0 Å². The van der Waals surface area contributed by atoms with E-state index in [1.54, 1.807) is 10.9 Å². The summed E-state index contributed by atoms with van der Waals surface area (Å²) in [5, 5.41) is 9.68. The molecule has 0 spiro atoms. The number of benzene rings is 1. The smallest absolute Gasteiger partial charge is 0.313 e. The van der Waals surface area contributed by atoms with Crippen molar-refractivity contribution >= 4 is 17.5 Å². The molecule has 2 aromatic rings. The summed E-state index contributed by atoms with van der Waals surface area (Å²) in [4.78, 5) is 25.1. The van der Waals surface area contributed by atoms with Crippen LogP contribution in [0.2, 0.25) is 0 Å². The van der Waals surface area contributed by atoms with Crippen LogP contribution in [0.4, 0.5) is 5.69 Å². The first kappa shape index (κ1) is 23.4. The minimum absolute atomic E-state index is 0.169. The van der Waals surface area contributed by atoms with Crippen molar-refractivity contribution in [3.8, 4) is 5.75 Å². The highest BCUT2D eigenvalue weighted by molar-refractivity contribution is 6.39. The number of carbonyl (C=O) groups excluding carboxylic acids is 2. The Bertz CT molecular complexity index is 842. The van der Waals surface area contributed by atoms with Gasteiger partial charge < -0.3 is 15.4 Å². The van der Waals surface area contributed by atoms with Gasteiger partial charge in [0.2, 0.25) is 0 Å². The van der Waals surface area contributed by atoms with Gasteiger partial charge in [-0.1, -0.05) is 45.9 Å². The maximum Gasteiger partial charge on any atom is 0.313 e. The van der Waals surface area contributed by atoms with Crippen molar-refractivity contribution in [3.05, 3.63) is 42.2 Å². The number of nitrogens with one attached hydrogen (secondary N) is 2. The first-order chi connectivity index (χ1) is 14.2. The fraction of sp³-hybridized carbons (Fsp3) is 0.522. The van der Waals surface area contributed by atoms with E-state index in [4.69, 9.17) is 4.74 Å². The molecule has 0 aliphatic heterocycles. The molecule has 2 rings (SSSR count). The number of amides is 2. The lowest BCUT2D eigenvalue weighted by atomic mass is 9.96. The average Bonchev–Trinajstić information content (AvgIpc) is 3.14. The molecule has 1 aromatic carbocycles. The van der Waals surface area contributed by atoms with Crippen LogP contribution in [0, 0.1) is 11.8 Å². The van der Waals surface area contributed by atoms with Crippen molar-refractivity contribution in [2.75, 3.05) is 11.9 Å². The van der Waals surface area contributed by atoms with E-state index in [1.165, 1.54) is 6.20 Å². The topological polar surface area (TPSA) is 85.2 Å². The normalized spacial score (nSPS) is 12.3. The second kappa shape index (κ2) is 10.8.